The van der Waals surface area contributed by atoms with Crippen molar-refractivity contribution in [1.82, 2.24) is 9.78 Å². The molecule has 1 N–H and O–H groups in total. The van der Waals surface area contributed by atoms with E-state index >= 15 is 0 Å². The summed E-state index contributed by atoms with van der Waals surface area (Å²) in [5.74, 6) is 0.534. The largest absolute Gasteiger partial charge is 0.476 e. The van der Waals surface area contributed by atoms with Crippen molar-refractivity contribution >= 4 is 11.6 Å². The Labute approximate surface area is 129 Å². The molecule has 6 heteroatoms. The molecule has 0 aliphatic carbocycles. The number of nitrogens with one attached hydrogen (secondary N) is 1. The minimum atomic E-state index is -0.867. The van der Waals surface area contributed by atoms with Gasteiger partial charge in [-0.1, -0.05) is 6.07 Å². The highest BCUT2D eigenvalue weighted by Crippen LogP contribution is 2.36. The maximum absolute atomic E-state index is 11.9. The van der Waals surface area contributed by atoms with Crippen LogP contribution in [0.15, 0.2) is 30.6 Å². The smallest absolute Gasteiger partial charge is 0.268 e. The molecule has 2 heterocycles. The van der Waals surface area contributed by atoms with Crippen LogP contribution >= 0.6 is 0 Å². The number of hydrogen-bond acceptors (Lipinski definition) is 4. The van der Waals surface area contributed by atoms with Crippen LogP contribution in [0.2, 0.25) is 0 Å². The summed E-state index contributed by atoms with van der Waals surface area (Å²) in [6.45, 7) is 4.83. The first-order valence-corrected chi connectivity index (χ1v) is 7.16. The molecular formula is C16H19N3O3. The second-order valence-electron chi connectivity index (χ2n) is 5.76. The van der Waals surface area contributed by atoms with Gasteiger partial charge < -0.3 is 14.8 Å². The summed E-state index contributed by atoms with van der Waals surface area (Å²) in [7, 11) is 1.67. The second-order valence-corrected chi connectivity index (χ2v) is 5.76. The summed E-state index contributed by atoms with van der Waals surface area (Å²) < 4.78 is 12.7. The van der Waals surface area contributed by atoms with Crippen molar-refractivity contribution in [2.45, 2.75) is 26.0 Å². The number of benzene rings is 1. The third-order valence-corrected chi connectivity index (χ3v) is 3.63. The van der Waals surface area contributed by atoms with E-state index in [1.165, 1.54) is 0 Å². The number of amides is 1. The Morgan fingerprint density at radius 3 is 2.95 bits per heavy atom. The van der Waals surface area contributed by atoms with Crippen molar-refractivity contribution in [3.63, 3.8) is 0 Å². The molecule has 1 aromatic heterocycles. The molecule has 0 atom stereocenters. The summed E-state index contributed by atoms with van der Waals surface area (Å²) in [5.41, 5.74) is 1.82. The van der Waals surface area contributed by atoms with E-state index in [4.69, 9.17) is 9.47 Å². The van der Waals surface area contributed by atoms with Crippen molar-refractivity contribution in [2.24, 2.45) is 0 Å². The van der Waals surface area contributed by atoms with Crippen molar-refractivity contribution in [1.29, 1.82) is 0 Å². The molecule has 2 aromatic rings. The van der Waals surface area contributed by atoms with Crippen LogP contribution < -0.4 is 10.1 Å². The van der Waals surface area contributed by atoms with E-state index in [0.29, 0.717) is 24.6 Å². The number of fused-ring (bicyclic) bond motifs is 1. The zero-order valence-electron chi connectivity index (χ0n) is 12.9. The Balaban J connectivity index is 1.88. The van der Waals surface area contributed by atoms with Crippen molar-refractivity contribution in [3.05, 3.63) is 30.6 Å². The van der Waals surface area contributed by atoms with Gasteiger partial charge in [-0.25, -0.2) is 0 Å². The van der Waals surface area contributed by atoms with Gasteiger partial charge in [-0.2, -0.15) is 5.10 Å². The highest BCUT2D eigenvalue weighted by Gasteiger charge is 2.35. The number of rotatable bonds is 4. The molecule has 1 amide bonds. The lowest BCUT2D eigenvalue weighted by Gasteiger charge is -2.31. The summed E-state index contributed by atoms with van der Waals surface area (Å²) in [6, 6.07) is 5.72. The van der Waals surface area contributed by atoms with Crippen LogP contribution in [0, 0.1) is 0 Å². The van der Waals surface area contributed by atoms with Crippen molar-refractivity contribution < 1.29 is 14.3 Å². The molecule has 22 heavy (non-hydrogen) atoms. The third-order valence-electron chi connectivity index (χ3n) is 3.63. The van der Waals surface area contributed by atoms with Crippen LogP contribution in [-0.2, 0) is 16.1 Å². The van der Waals surface area contributed by atoms with Gasteiger partial charge in [0.05, 0.1) is 25.0 Å². The van der Waals surface area contributed by atoms with Crippen LogP contribution in [0.1, 0.15) is 13.8 Å². The standard InChI is InChI=1S/C16H19N3O3/c1-16(2)15(20)18-13-5-4-11(8-14(13)22-16)12-9-17-19(10-12)6-7-21-3/h4-5,8-10H,6-7H2,1-3H3,(H,18,20). The molecule has 0 saturated heterocycles. The van der Waals surface area contributed by atoms with E-state index in [1.807, 2.05) is 35.3 Å². The third kappa shape index (κ3) is 2.69. The van der Waals surface area contributed by atoms with Gasteiger partial charge in [-0.3, -0.25) is 9.48 Å². The van der Waals surface area contributed by atoms with Crippen molar-refractivity contribution in [3.8, 4) is 16.9 Å². The van der Waals surface area contributed by atoms with Gasteiger partial charge in [-0.05, 0) is 31.5 Å². The summed E-state index contributed by atoms with van der Waals surface area (Å²) in [4.78, 5) is 11.9. The van der Waals surface area contributed by atoms with Gasteiger partial charge in [0.2, 0.25) is 0 Å². The Morgan fingerprint density at radius 1 is 1.36 bits per heavy atom. The number of anilines is 1. The number of carbonyl (C=O) groups is 1. The first-order chi connectivity index (χ1) is 10.5. The Kier molecular flexibility index (Phi) is 3.62. The van der Waals surface area contributed by atoms with Crippen LogP contribution in [-0.4, -0.2) is 35.0 Å². The Hall–Kier alpha value is -2.34. The number of ether oxygens (including phenoxy) is 2. The number of methoxy groups -OCH3 is 1. The van der Waals surface area contributed by atoms with E-state index in [2.05, 4.69) is 10.4 Å². The van der Waals surface area contributed by atoms with E-state index in [0.717, 1.165) is 11.1 Å². The van der Waals surface area contributed by atoms with Gasteiger partial charge in [0.25, 0.3) is 5.91 Å². The van der Waals surface area contributed by atoms with Crippen LogP contribution in [0.5, 0.6) is 5.75 Å². The average Bonchev–Trinajstić information content (AvgIpc) is 2.94. The minimum absolute atomic E-state index is 0.139. The first kappa shape index (κ1) is 14.6. The highest BCUT2D eigenvalue weighted by atomic mass is 16.5. The zero-order valence-corrected chi connectivity index (χ0v) is 12.9. The van der Waals surface area contributed by atoms with Gasteiger partial charge in [0.1, 0.15) is 5.75 Å². The molecule has 0 fully saturated rings. The van der Waals surface area contributed by atoms with Gasteiger partial charge >= 0.3 is 0 Å². The molecule has 0 radical (unpaired) electrons. The Morgan fingerprint density at radius 2 is 2.18 bits per heavy atom. The fourth-order valence-corrected chi connectivity index (χ4v) is 2.30. The quantitative estimate of drug-likeness (QED) is 0.941. The highest BCUT2D eigenvalue weighted by molar-refractivity contribution is 6.00. The molecule has 0 unspecified atom stereocenters. The predicted octanol–water partition coefficient (Wildman–Crippen LogP) is 2.31. The average molecular weight is 301 g/mol. The summed E-state index contributed by atoms with van der Waals surface area (Å²) in [6.07, 6.45) is 3.78. The normalized spacial score (nSPS) is 15.9. The number of carbonyl (C=O) groups excluding carboxylic acids is 1. The first-order valence-electron chi connectivity index (χ1n) is 7.16. The molecule has 3 rings (SSSR count). The fraction of sp³-hybridized carbons (Fsp3) is 0.375. The van der Waals surface area contributed by atoms with Crippen LogP contribution in [0.3, 0.4) is 0 Å². The fourth-order valence-electron chi connectivity index (χ4n) is 2.30. The lowest BCUT2D eigenvalue weighted by Crippen LogP contribution is -2.45. The number of nitrogens with zero attached hydrogens (tertiary/aromatic N) is 2. The molecule has 0 spiro atoms. The topological polar surface area (TPSA) is 65.4 Å². The monoisotopic (exact) mass is 301 g/mol. The Bertz CT molecular complexity index is 706. The van der Waals surface area contributed by atoms with E-state index in [-0.39, 0.29) is 5.91 Å². The molecule has 0 bridgehead atoms. The molecule has 1 aliphatic rings. The molecule has 1 aliphatic heterocycles. The van der Waals surface area contributed by atoms with Crippen LogP contribution in [0.25, 0.3) is 11.1 Å². The second kappa shape index (κ2) is 5.46. The zero-order chi connectivity index (χ0) is 15.7. The van der Waals surface area contributed by atoms with Crippen molar-refractivity contribution in [2.75, 3.05) is 19.0 Å². The van der Waals surface area contributed by atoms with E-state index in [1.54, 1.807) is 21.0 Å². The number of aromatic nitrogens is 2. The lowest BCUT2D eigenvalue weighted by molar-refractivity contribution is -0.129. The summed E-state index contributed by atoms with van der Waals surface area (Å²) in [5, 5.41) is 7.17. The van der Waals surface area contributed by atoms with Crippen LogP contribution in [0.4, 0.5) is 5.69 Å². The summed E-state index contributed by atoms with van der Waals surface area (Å²) >= 11 is 0. The predicted molar refractivity (Wildman–Crippen MR) is 82.9 cm³/mol. The lowest BCUT2D eigenvalue weighted by atomic mass is 10.0. The maximum Gasteiger partial charge on any atom is 0.268 e. The molecule has 6 nitrogen and oxygen atoms in total. The number of hydrogen-bond donors (Lipinski definition) is 1. The van der Waals surface area contributed by atoms with Gasteiger partial charge in [0, 0.05) is 18.9 Å². The molecule has 116 valence electrons. The molecular weight excluding hydrogens is 282 g/mol. The molecule has 1 aromatic carbocycles. The molecule has 0 saturated carbocycles. The maximum atomic E-state index is 11.9. The SMILES string of the molecule is COCCn1cc(-c2ccc3c(c2)OC(C)(C)C(=O)N3)cn1. The minimum Gasteiger partial charge on any atom is -0.476 e. The van der Waals surface area contributed by atoms with Gasteiger partial charge in [0.15, 0.2) is 5.60 Å². The van der Waals surface area contributed by atoms with E-state index in [9.17, 15) is 4.79 Å². The van der Waals surface area contributed by atoms with Gasteiger partial charge in [-0.15, -0.1) is 0 Å². The van der Waals surface area contributed by atoms with E-state index < -0.39 is 5.60 Å².